The van der Waals surface area contributed by atoms with Crippen molar-refractivity contribution in [2.75, 3.05) is 5.75 Å². The van der Waals surface area contributed by atoms with Crippen molar-refractivity contribution in [2.45, 2.75) is 16.6 Å². The first-order chi connectivity index (χ1) is 16.5. The summed E-state index contributed by atoms with van der Waals surface area (Å²) in [5.41, 5.74) is 6.94. The molecule has 0 saturated heterocycles. The molecule has 13 heteroatoms. The summed E-state index contributed by atoms with van der Waals surface area (Å²) in [5.74, 6) is -1.80. The van der Waals surface area contributed by atoms with Gasteiger partial charge in [-0.05, 0) is 53.8 Å². The van der Waals surface area contributed by atoms with Gasteiger partial charge in [0.15, 0.2) is 0 Å². The molecule has 0 radical (unpaired) electrons. The molecular formula is C22H24N2O6S5. The third kappa shape index (κ3) is 8.63. The average molecular weight is 573 g/mol. The molecule has 5 N–H and O–H groups in total. The van der Waals surface area contributed by atoms with Crippen molar-refractivity contribution in [2.24, 2.45) is 11.7 Å². The number of primary amides is 1. The number of carbonyl (C=O) groups is 2. The Morgan fingerprint density at radius 2 is 1.63 bits per heavy atom. The Balaban J connectivity index is 2.28. The number of hydrogen-bond acceptors (Lipinski definition) is 9. The van der Waals surface area contributed by atoms with E-state index in [0.29, 0.717) is 38.7 Å². The van der Waals surface area contributed by atoms with Crippen molar-refractivity contribution in [3.8, 4) is 0 Å². The Bertz CT molecular complexity index is 1200. The summed E-state index contributed by atoms with van der Waals surface area (Å²) in [5, 5.41) is 8.94. The predicted octanol–water partition coefficient (Wildman–Crippen LogP) is 4.25. The minimum atomic E-state index is -4.33. The van der Waals surface area contributed by atoms with Crippen molar-refractivity contribution >= 4 is 81.0 Å². The van der Waals surface area contributed by atoms with Gasteiger partial charge in [0.2, 0.25) is 5.91 Å². The molecular weight excluding hydrogens is 549 g/mol. The number of carboxylic acids is 1. The topological polar surface area (TPSA) is 147 Å². The quantitative estimate of drug-likeness (QED) is 0.0518. The summed E-state index contributed by atoms with van der Waals surface area (Å²) in [6, 6.07) is 12.1. The van der Waals surface area contributed by atoms with Crippen molar-refractivity contribution in [1.29, 1.82) is 0 Å². The van der Waals surface area contributed by atoms with Crippen LogP contribution in [0.2, 0.25) is 0 Å². The number of allylic oxidation sites excluding steroid dienone is 1. The summed E-state index contributed by atoms with van der Waals surface area (Å²) in [7, 11) is -4.33. The molecule has 0 aliphatic carbocycles. The Labute approximate surface area is 223 Å². The van der Waals surface area contributed by atoms with Crippen molar-refractivity contribution in [3.05, 3.63) is 77.9 Å². The molecule has 1 amide bonds. The lowest BCUT2D eigenvalue weighted by Crippen LogP contribution is -2.26. The van der Waals surface area contributed by atoms with Crippen LogP contribution in [0.3, 0.4) is 0 Å². The van der Waals surface area contributed by atoms with Gasteiger partial charge in [0.1, 0.15) is 0 Å². The number of benzene rings is 2. The van der Waals surface area contributed by atoms with E-state index < -0.39 is 33.2 Å². The van der Waals surface area contributed by atoms with Crippen LogP contribution in [0.1, 0.15) is 27.9 Å². The number of nitrogens with two attached hydrogens (primary N) is 1. The smallest absolute Gasteiger partial charge is 0.307 e. The zero-order valence-electron chi connectivity index (χ0n) is 18.2. The number of hydrogen-bond donors (Lipinski definition) is 6. The SMILES string of the molecule is C=CC[C@@H](C(=O)O)C(S)CSNS/C(=C(\S)c1ccc(S(=O)(=O)O)cc1)c1ccc(C(N)=O)cc1. The molecule has 0 spiro atoms. The maximum Gasteiger partial charge on any atom is 0.307 e. The fraction of sp³-hybridized carbons (Fsp3) is 0.182. The minimum absolute atomic E-state index is 0.247. The molecule has 0 aliphatic rings. The van der Waals surface area contributed by atoms with E-state index in [-0.39, 0.29) is 4.90 Å². The summed E-state index contributed by atoms with van der Waals surface area (Å²) < 4.78 is 35.0. The van der Waals surface area contributed by atoms with E-state index in [1.165, 1.54) is 48.2 Å². The van der Waals surface area contributed by atoms with Gasteiger partial charge in [-0.2, -0.15) is 21.0 Å². The lowest BCUT2D eigenvalue weighted by atomic mass is 10.0. The molecule has 2 aromatic rings. The molecule has 35 heavy (non-hydrogen) atoms. The van der Waals surface area contributed by atoms with E-state index in [1.54, 1.807) is 30.3 Å². The Hall–Kier alpha value is -1.87. The van der Waals surface area contributed by atoms with Gasteiger partial charge in [0, 0.05) is 26.4 Å². The standard InChI is InChI=1S/C22H24N2O6S5/c1-2-3-17(22(26)27)18(31)12-33-24-34-20(14-4-6-15(7-5-14)21(23)25)19(32)13-8-10-16(11-9-13)35(28,29)30/h2,4-11,17-18,24,31-32H,1,3,12H2,(H2,23,25)(H,26,27)(H,28,29,30)/b20-19-/t17-,18?/m1/s1. The summed E-state index contributed by atoms with van der Waals surface area (Å²) in [4.78, 5) is 23.7. The van der Waals surface area contributed by atoms with Crippen molar-refractivity contribution in [1.82, 2.24) is 4.13 Å². The predicted molar refractivity (Wildman–Crippen MR) is 149 cm³/mol. The number of aliphatic carboxylic acids is 1. The Kier molecular flexibility index (Phi) is 11.3. The van der Waals surface area contributed by atoms with E-state index in [0.717, 1.165) is 0 Å². The molecule has 8 nitrogen and oxygen atoms in total. The highest BCUT2D eigenvalue weighted by atomic mass is 32.2. The monoisotopic (exact) mass is 572 g/mol. The summed E-state index contributed by atoms with van der Waals surface area (Å²) in [6.07, 6.45) is 1.85. The van der Waals surface area contributed by atoms with Crippen molar-refractivity contribution < 1.29 is 27.7 Å². The normalized spacial score (nSPS) is 14.0. The number of nitrogens with one attached hydrogen (secondary N) is 1. The van der Waals surface area contributed by atoms with Crippen LogP contribution in [-0.4, -0.2) is 41.0 Å². The van der Waals surface area contributed by atoms with Crippen LogP contribution in [0, 0.1) is 5.92 Å². The molecule has 2 rings (SSSR count). The highest BCUT2D eigenvalue weighted by Gasteiger charge is 2.24. The third-order valence-electron chi connectivity index (χ3n) is 4.73. The van der Waals surface area contributed by atoms with Gasteiger partial charge < -0.3 is 10.8 Å². The van der Waals surface area contributed by atoms with Gasteiger partial charge in [-0.3, -0.25) is 14.1 Å². The Morgan fingerprint density at radius 3 is 2.11 bits per heavy atom. The molecule has 0 aromatic heterocycles. The lowest BCUT2D eigenvalue weighted by Gasteiger charge is -2.18. The minimum Gasteiger partial charge on any atom is -0.481 e. The van der Waals surface area contributed by atoms with E-state index in [2.05, 4.69) is 36.0 Å². The first kappa shape index (κ1) is 29.4. The fourth-order valence-corrected chi connectivity index (χ4v) is 5.94. The number of rotatable bonds is 13. The number of carboxylic acid groups (broad SMARTS) is 1. The van der Waals surface area contributed by atoms with E-state index in [1.807, 2.05) is 0 Å². The van der Waals surface area contributed by atoms with E-state index in [4.69, 9.17) is 5.73 Å². The first-order valence-electron chi connectivity index (χ1n) is 9.92. The average Bonchev–Trinajstić information content (AvgIpc) is 2.81. The van der Waals surface area contributed by atoms with Crippen LogP contribution in [-0.2, 0) is 14.9 Å². The van der Waals surface area contributed by atoms with Gasteiger partial charge in [0.25, 0.3) is 10.1 Å². The lowest BCUT2D eigenvalue weighted by molar-refractivity contribution is -0.141. The fourth-order valence-electron chi connectivity index (χ4n) is 2.85. The second-order valence-electron chi connectivity index (χ2n) is 7.15. The van der Waals surface area contributed by atoms with Crippen LogP contribution in [0.4, 0.5) is 0 Å². The third-order valence-corrected chi connectivity index (χ3v) is 9.00. The van der Waals surface area contributed by atoms with Crippen LogP contribution < -0.4 is 9.86 Å². The zero-order valence-corrected chi connectivity index (χ0v) is 22.4. The van der Waals surface area contributed by atoms with Gasteiger partial charge in [0.05, 0.1) is 10.8 Å². The van der Waals surface area contributed by atoms with Gasteiger partial charge in [-0.25, -0.2) is 4.13 Å². The first-order valence-corrected chi connectivity index (χ1v) is 14.1. The second-order valence-corrected chi connectivity index (χ2v) is 11.6. The molecule has 2 atom stereocenters. The maximum absolute atomic E-state index is 11.4. The molecule has 0 fully saturated rings. The molecule has 2 aromatic carbocycles. The number of amides is 1. The molecule has 0 saturated carbocycles. The Morgan fingerprint density at radius 1 is 1.09 bits per heavy atom. The van der Waals surface area contributed by atoms with Crippen LogP contribution in [0.15, 0.2) is 66.1 Å². The van der Waals surface area contributed by atoms with Crippen molar-refractivity contribution in [3.63, 3.8) is 0 Å². The van der Waals surface area contributed by atoms with Crippen LogP contribution in [0.25, 0.3) is 9.81 Å². The second kappa shape index (κ2) is 13.4. The van der Waals surface area contributed by atoms with Crippen LogP contribution in [0.5, 0.6) is 0 Å². The maximum atomic E-state index is 11.4. The number of carbonyl (C=O) groups excluding carboxylic acids is 1. The van der Waals surface area contributed by atoms with E-state index in [9.17, 15) is 27.7 Å². The molecule has 188 valence electrons. The highest BCUT2D eigenvalue weighted by molar-refractivity contribution is 8.18. The van der Waals surface area contributed by atoms with Gasteiger partial charge >= 0.3 is 5.97 Å². The van der Waals surface area contributed by atoms with Crippen LogP contribution >= 0.6 is 49.2 Å². The van der Waals surface area contributed by atoms with Gasteiger partial charge in [-0.1, -0.05) is 42.3 Å². The zero-order chi connectivity index (χ0) is 26.2. The summed E-state index contributed by atoms with van der Waals surface area (Å²) >= 11 is 11.5. The van der Waals surface area contributed by atoms with Gasteiger partial charge in [-0.15, -0.1) is 19.2 Å². The highest BCUT2D eigenvalue weighted by Crippen LogP contribution is 2.37. The molecule has 0 bridgehead atoms. The van der Waals surface area contributed by atoms with E-state index >= 15 is 0 Å². The number of thiol groups is 2. The largest absolute Gasteiger partial charge is 0.481 e. The summed E-state index contributed by atoms with van der Waals surface area (Å²) in [6.45, 7) is 3.59. The molecule has 0 aliphatic heterocycles. The molecule has 1 unspecified atom stereocenters. The molecule has 0 heterocycles.